The van der Waals surface area contributed by atoms with Crippen molar-refractivity contribution in [2.24, 2.45) is 5.92 Å². The van der Waals surface area contributed by atoms with Crippen LogP contribution in [-0.2, 0) is 10.0 Å². The molecule has 1 saturated carbocycles. The molecule has 0 spiro atoms. The summed E-state index contributed by atoms with van der Waals surface area (Å²) >= 11 is 0. The molecule has 0 amide bonds. The quantitative estimate of drug-likeness (QED) is 0.867. The fraction of sp³-hybridized carbons (Fsp3) is 0.600. The lowest BCUT2D eigenvalue weighted by Gasteiger charge is -2.32. The lowest BCUT2D eigenvalue weighted by Crippen LogP contribution is -2.39. The van der Waals surface area contributed by atoms with Crippen molar-refractivity contribution in [3.8, 4) is 5.75 Å². The van der Waals surface area contributed by atoms with Gasteiger partial charge in [0.05, 0.1) is 17.7 Å². The molecule has 1 aromatic rings. The summed E-state index contributed by atoms with van der Waals surface area (Å²) in [6.07, 6.45) is 4.00. The van der Waals surface area contributed by atoms with E-state index in [-0.39, 0.29) is 10.9 Å². The molecule has 118 valence electrons. The molecule has 1 aromatic carbocycles. The second-order valence-corrected chi connectivity index (χ2v) is 7.84. The highest BCUT2D eigenvalue weighted by Crippen LogP contribution is 2.31. The van der Waals surface area contributed by atoms with Crippen LogP contribution in [-0.4, -0.2) is 32.9 Å². The number of anilines is 1. The van der Waals surface area contributed by atoms with E-state index in [1.54, 1.807) is 13.1 Å². The predicted molar refractivity (Wildman–Crippen MR) is 83.8 cm³/mol. The van der Waals surface area contributed by atoms with Gasteiger partial charge in [-0.25, -0.2) is 8.42 Å². The molecule has 0 radical (unpaired) electrons. The smallest absolute Gasteiger partial charge is 0.243 e. The molecule has 2 rings (SSSR count). The molecule has 1 fully saturated rings. The van der Waals surface area contributed by atoms with E-state index < -0.39 is 10.0 Å². The number of hydrogen-bond acceptors (Lipinski definition) is 4. The third-order valence-corrected chi connectivity index (χ3v) is 6.29. The van der Waals surface area contributed by atoms with Crippen molar-refractivity contribution < 1.29 is 13.2 Å². The summed E-state index contributed by atoms with van der Waals surface area (Å²) < 4.78 is 32.1. The lowest BCUT2D eigenvalue weighted by atomic mass is 9.87. The SMILES string of the molecule is COc1cc(S(=O)(=O)N(C)C2CCC(C)CC2)ccc1N. The van der Waals surface area contributed by atoms with E-state index >= 15 is 0 Å². The average molecular weight is 312 g/mol. The maximum atomic E-state index is 12.7. The largest absolute Gasteiger partial charge is 0.495 e. The number of nitrogens with zero attached hydrogens (tertiary/aromatic N) is 1. The van der Waals surface area contributed by atoms with E-state index in [4.69, 9.17) is 10.5 Å². The van der Waals surface area contributed by atoms with Gasteiger partial charge in [-0.1, -0.05) is 6.92 Å². The molecule has 0 unspecified atom stereocenters. The zero-order chi connectivity index (χ0) is 15.6. The molecule has 0 atom stereocenters. The average Bonchev–Trinajstić information content (AvgIpc) is 2.47. The zero-order valence-electron chi connectivity index (χ0n) is 12.9. The van der Waals surface area contributed by atoms with Crippen LogP contribution in [0.25, 0.3) is 0 Å². The number of rotatable bonds is 4. The number of methoxy groups -OCH3 is 1. The molecule has 2 N–H and O–H groups in total. The van der Waals surface area contributed by atoms with Gasteiger partial charge in [0.1, 0.15) is 5.75 Å². The van der Waals surface area contributed by atoms with Crippen molar-refractivity contribution in [2.45, 2.75) is 43.5 Å². The first-order valence-corrected chi connectivity index (χ1v) is 8.71. The van der Waals surface area contributed by atoms with Gasteiger partial charge >= 0.3 is 0 Å². The Labute approximate surface area is 127 Å². The van der Waals surface area contributed by atoms with Crippen LogP contribution in [0.5, 0.6) is 5.75 Å². The van der Waals surface area contributed by atoms with Gasteiger partial charge in [-0.2, -0.15) is 4.31 Å². The van der Waals surface area contributed by atoms with Crippen molar-refractivity contribution in [3.63, 3.8) is 0 Å². The van der Waals surface area contributed by atoms with Crippen molar-refractivity contribution >= 4 is 15.7 Å². The van der Waals surface area contributed by atoms with E-state index in [0.29, 0.717) is 17.4 Å². The molecule has 0 bridgehead atoms. The summed E-state index contributed by atoms with van der Waals surface area (Å²) in [4.78, 5) is 0.231. The minimum Gasteiger partial charge on any atom is -0.495 e. The Hall–Kier alpha value is -1.27. The van der Waals surface area contributed by atoms with Crippen LogP contribution in [0.1, 0.15) is 32.6 Å². The highest BCUT2D eigenvalue weighted by Gasteiger charge is 2.30. The van der Waals surface area contributed by atoms with Crippen LogP contribution in [0, 0.1) is 5.92 Å². The summed E-state index contributed by atoms with van der Waals surface area (Å²) in [6.45, 7) is 2.22. The third kappa shape index (κ3) is 3.32. The molecule has 0 heterocycles. The maximum absolute atomic E-state index is 12.7. The number of benzene rings is 1. The summed E-state index contributed by atoms with van der Waals surface area (Å²) in [6, 6.07) is 4.68. The van der Waals surface area contributed by atoms with Gasteiger partial charge in [0.2, 0.25) is 10.0 Å². The molecule has 0 saturated heterocycles. The minimum absolute atomic E-state index is 0.0785. The molecule has 6 heteroatoms. The van der Waals surface area contributed by atoms with Gasteiger partial charge in [0, 0.05) is 19.2 Å². The van der Waals surface area contributed by atoms with Gasteiger partial charge < -0.3 is 10.5 Å². The first-order chi connectivity index (χ1) is 9.86. The minimum atomic E-state index is -3.51. The summed E-state index contributed by atoms with van der Waals surface area (Å²) in [7, 11) is -0.362. The Kier molecular flexibility index (Phi) is 4.78. The summed E-state index contributed by atoms with van der Waals surface area (Å²) in [5.74, 6) is 1.08. The van der Waals surface area contributed by atoms with Crippen LogP contribution in [0.15, 0.2) is 23.1 Å². The number of nitrogen functional groups attached to an aromatic ring is 1. The second-order valence-electron chi connectivity index (χ2n) is 5.84. The van der Waals surface area contributed by atoms with Gasteiger partial charge in [-0.3, -0.25) is 0 Å². The van der Waals surface area contributed by atoms with E-state index in [1.807, 2.05) is 0 Å². The first kappa shape index (κ1) is 16.1. The fourth-order valence-electron chi connectivity index (χ4n) is 2.82. The van der Waals surface area contributed by atoms with Crippen molar-refractivity contribution in [2.75, 3.05) is 19.9 Å². The van der Waals surface area contributed by atoms with Gasteiger partial charge in [0.25, 0.3) is 0 Å². The molecular weight excluding hydrogens is 288 g/mol. The topological polar surface area (TPSA) is 72.6 Å². The van der Waals surface area contributed by atoms with Crippen LogP contribution >= 0.6 is 0 Å². The van der Waals surface area contributed by atoms with Gasteiger partial charge in [0.15, 0.2) is 0 Å². The highest BCUT2D eigenvalue weighted by molar-refractivity contribution is 7.89. The van der Waals surface area contributed by atoms with Gasteiger partial charge in [-0.05, 0) is 43.7 Å². The summed E-state index contributed by atoms with van der Waals surface area (Å²) in [5.41, 5.74) is 6.18. The standard InChI is InChI=1S/C15H24N2O3S/c1-11-4-6-12(7-5-11)17(2)21(18,19)13-8-9-14(16)15(10-13)20-3/h8-12H,4-7,16H2,1-3H3. The number of nitrogens with two attached hydrogens (primary N) is 1. The Balaban J connectivity index is 2.24. The van der Waals surface area contributed by atoms with Gasteiger partial charge in [-0.15, -0.1) is 0 Å². The number of ether oxygens (including phenoxy) is 1. The van der Waals surface area contributed by atoms with Crippen molar-refractivity contribution in [3.05, 3.63) is 18.2 Å². The molecule has 0 aromatic heterocycles. The van der Waals surface area contributed by atoms with Crippen LogP contribution in [0.3, 0.4) is 0 Å². The maximum Gasteiger partial charge on any atom is 0.243 e. The Bertz CT molecular complexity index is 593. The van der Waals surface area contributed by atoms with E-state index in [2.05, 4.69) is 6.92 Å². The first-order valence-electron chi connectivity index (χ1n) is 7.27. The zero-order valence-corrected chi connectivity index (χ0v) is 13.7. The lowest BCUT2D eigenvalue weighted by molar-refractivity contribution is 0.246. The van der Waals surface area contributed by atoms with E-state index in [9.17, 15) is 8.42 Å². The fourth-order valence-corrected chi connectivity index (χ4v) is 4.25. The number of hydrogen-bond donors (Lipinski definition) is 1. The molecule has 21 heavy (non-hydrogen) atoms. The van der Waals surface area contributed by atoms with Crippen molar-refractivity contribution in [1.82, 2.24) is 4.31 Å². The Morgan fingerprint density at radius 3 is 2.43 bits per heavy atom. The van der Waals surface area contributed by atoms with E-state index in [1.165, 1.54) is 23.5 Å². The monoisotopic (exact) mass is 312 g/mol. The highest BCUT2D eigenvalue weighted by atomic mass is 32.2. The molecular formula is C15H24N2O3S. The third-order valence-electron chi connectivity index (χ3n) is 4.38. The Morgan fingerprint density at radius 2 is 1.86 bits per heavy atom. The normalized spacial score (nSPS) is 23.2. The molecule has 0 aliphatic heterocycles. The van der Waals surface area contributed by atoms with E-state index in [0.717, 1.165) is 25.7 Å². The van der Waals surface area contributed by atoms with Crippen molar-refractivity contribution in [1.29, 1.82) is 0 Å². The Morgan fingerprint density at radius 1 is 1.24 bits per heavy atom. The molecule has 5 nitrogen and oxygen atoms in total. The molecule has 1 aliphatic rings. The van der Waals surface area contributed by atoms with Crippen LogP contribution < -0.4 is 10.5 Å². The summed E-state index contributed by atoms with van der Waals surface area (Å²) in [5, 5.41) is 0. The predicted octanol–water partition coefficient (Wildman–Crippen LogP) is 2.48. The van der Waals surface area contributed by atoms with Crippen LogP contribution in [0.2, 0.25) is 0 Å². The molecule has 1 aliphatic carbocycles. The van der Waals surface area contributed by atoms with Crippen LogP contribution in [0.4, 0.5) is 5.69 Å². The second kappa shape index (κ2) is 6.23. The number of sulfonamides is 1.